The first-order valence-corrected chi connectivity index (χ1v) is 69.3. The van der Waals surface area contributed by atoms with Crippen molar-refractivity contribution in [3.05, 3.63) is 189 Å². The minimum absolute atomic E-state index is 0.199. The summed E-state index contributed by atoms with van der Waals surface area (Å²) in [6, 6.07) is 37.8. The Hall–Kier alpha value is -4.35. The van der Waals surface area contributed by atoms with E-state index in [0.717, 1.165) is 31.6 Å². The van der Waals surface area contributed by atoms with E-state index in [0.29, 0.717) is 28.1 Å². The van der Waals surface area contributed by atoms with Crippen LogP contribution >= 0.6 is 0 Å². The van der Waals surface area contributed by atoms with Crippen LogP contribution in [0.5, 0.6) is 0 Å². The molecule has 9 rings (SSSR count). The van der Waals surface area contributed by atoms with Gasteiger partial charge in [0.25, 0.3) is 0 Å². The van der Waals surface area contributed by atoms with Crippen LogP contribution in [0.4, 0.5) is 0 Å². The number of benzene rings is 4. The molecule has 0 unspecified atom stereocenters. The number of aryl methyl sites for hydroxylation is 9. The second-order valence-corrected chi connectivity index (χ2v) is 83.8. The fourth-order valence-corrected chi connectivity index (χ4v) is 29.8. The zero-order chi connectivity index (χ0) is 78.7. The summed E-state index contributed by atoms with van der Waals surface area (Å²) >= 11 is -7.70. The predicted octanol–water partition coefficient (Wildman–Crippen LogP) is 22.5. The Balaban J connectivity index is 0.000000218. The van der Waals surface area contributed by atoms with Crippen LogP contribution < -0.4 is 35.9 Å². The number of hydrogen-bond donors (Lipinski definition) is 0. The van der Waals surface area contributed by atoms with E-state index >= 15 is 0 Å². The first kappa shape index (κ1) is 88.6. The monoisotopic (exact) mass is 1650 g/mol. The molecular weight excluding hydrogens is 1500 g/mol. The van der Waals surface area contributed by atoms with Crippen molar-refractivity contribution in [3.8, 4) is 45.0 Å². The molecule has 1 fully saturated rings. The topological polar surface area (TPSA) is 15.5 Å². The molecule has 0 atom stereocenters. The maximum absolute atomic E-state index is 2.56. The summed E-state index contributed by atoms with van der Waals surface area (Å²) in [6.07, 6.45) is 19.9. The van der Waals surface area contributed by atoms with Crippen molar-refractivity contribution in [2.45, 2.75) is 283 Å². The molecule has 0 bridgehead atoms. The molecule has 8 aromatic rings. The van der Waals surface area contributed by atoms with E-state index in [-0.39, 0.29) is 5.41 Å². The van der Waals surface area contributed by atoms with Crippen molar-refractivity contribution < 1.29 is 18.3 Å². The number of nitrogens with zero attached hydrogens (tertiary/aromatic N) is 4. The van der Waals surface area contributed by atoms with E-state index in [4.69, 9.17) is 0 Å². The number of aromatic nitrogens is 4. The molecule has 0 aliphatic heterocycles. The molecule has 1 aliphatic carbocycles. The molecule has 0 N–H and O–H groups in total. The van der Waals surface area contributed by atoms with Gasteiger partial charge in [0.2, 0.25) is 0 Å². The molecule has 4 aromatic heterocycles. The number of rotatable bonds is 15. The zero-order valence-electron chi connectivity index (χ0n) is 73.7. The summed E-state index contributed by atoms with van der Waals surface area (Å²) < 4.78 is 16.1. The summed E-state index contributed by atoms with van der Waals surface area (Å²) in [6.45, 7) is 48.3. The molecule has 1 saturated carbocycles. The zero-order valence-corrected chi connectivity index (χ0v) is 82.1. The molecule has 4 heterocycles. The Morgan fingerprint density at radius 3 is 1.09 bits per heavy atom. The van der Waals surface area contributed by atoms with E-state index in [9.17, 15) is 0 Å². The summed E-state index contributed by atoms with van der Waals surface area (Å²) in [5, 5.41) is 0. The molecule has 0 amide bonds. The molecular formula is C96H150Ge4N4+4. The van der Waals surface area contributed by atoms with Gasteiger partial charge >= 0.3 is 656 Å². The third-order valence-corrected chi connectivity index (χ3v) is 38.3. The molecule has 0 radical (unpaired) electrons. The Bertz CT molecular complexity index is 4270. The summed E-state index contributed by atoms with van der Waals surface area (Å²) in [5.41, 5.74) is 29.5. The van der Waals surface area contributed by atoms with Crippen molar-refractivity contribution >= 4 is 70.6 Å². The van der Waals surface area contributed by atoms with Crippen molar-refractivity contribution in [2.24, 2.45) is 50.4 Å². The van der Waals surface area contributed by atoms with E-state index in [1.807, 2.05) is 0 Å². The van der Waals surface area contributed by atoms with E-state index in [2.05, 4.69) is 383 Å². The maximum atomic E-state index is 2.56. The van der Waals surface area contributed by atoms with Crippen molar-refractivity contribution in [3.63, 3.8) is 0 Å². The molecule has 0 spiro atoms. The van der Waals surface area contributed by atoms with Crippen LogP contribution in [0.3, 0.4) is 0 Å². The van der Waals surface area contributed by atoms with E-state index in [1.54, 1.807) is 39.8 Å². The van der Waals surface area contributed by atoms with Crippen LogP contribution in [-0.4, -0.2) is 53.1 Å². The minimum atomic E-state index is -1.94. The fourth-order valence-electron chi connectivity index (χ4n) is 15.4. The van der Waals surface area contributed by atoms with Gasteiger partial charge in [0, 0.05) is 0 Å². The van der Waals surface area contributed by atoms with Crippen LogP contribution in [0.15, 0.2) is 122 Å². The van der Waals surface area contributed by atoms with Crippen LogP contribution in [-0.2, 0) is 59.3 Å². The van der Waals surface area contributed by atoms with Crippen LogP contribution in [0, 0.1) is 56.8 Å². The Morgan fingerprint density at radius 2 is 0.731 bits per heavy atom. The average molecular weight is 1650 g/mol. The summed E-state index contributed by atoms with van der Waals surface area (Å²) in [5.74, 6) is 32.2. The van der Waals surface area contributed by atoms with Gasteiger partial charge in [-0.3, -0.25) is 0 Å². The second-order valence-electron chi connectivity index (χ2n) is 41.5. The molecule has 104 heavy (non-hydrogen) atoms. The van der Waals surface area contributed by atoms with Gasteiger partial charge in [-0.25, -0.2) is 0 Å². The SMILES string of the molecule is Cc1cc(C(C)(C)C)ccc1-c1cc(C2CCCC2)[c]([Ge]([CH3])([CH3])[CH3])c[n+]1C.Cc1ccc(C(C)C)cc1-c1cc(CC(C)(C)C)[c]([Ge]([CH3])([CH3])[CH3])c[n+]1C.Cc1ccc(C)c(-c2cc(CC(C)(C)C)[c]([Ge]([CH3])([CH3])[CH3])c[n+]2C)c1.Cc1ccc(CC(C)C)cc1-c1cc(CC(C)(C)C)[c]([Ge]([CH3])([CH3])[CH3])c[n+]1C. The Morgan fingerprint density at radius 1 is 0.375 bits per heavy atom. The van der Waals surface area contributed by atoms with Crippen molar-refractivity contribution in [2.75, 3.05) is 0 Å². The van der Waals surface area contributed by atoms with Gasteiger partial charge in [0.1, 0.15) is 0 Å². The molecule has 0 saturated heterocycles. The molecule has 4 aromatic carbocycles. The predicted molar refractivity (Wildman–Crippen MR) is 470 cm³/mol. The van der Waals surface area contributed by atoms with Gasteiger partial charge in [0.05, 0.1) is 0 Å². The number of pyridine rings is 4. The molecule has 1 aliphatic rings. The standard InChI is InChI=1S/C25H38GeN.C25H40GeN.C24H38GeN.C22H34GeN/c1-18-15-20(25(2,3)4)13-14-21(18)24-16-22(19-11-9-10-12-19)23(17-27(24)8)26(5,6)7;1-18(2)13-20-12-11-19(3)22(14-20)24-15-21(16-25(4,5)6)23(17-27(24)10)26(7,8)9;1-17(2)19-12-11-18(3)21(13-19)23-14-20(15-24(4,5)6)22(16-26(23)10)25(7,8)9;1-16-10-11-17(2)19(12-16)21-13-18(14-22(3,4)5)20(15-24(21)9)23(6,7)8/h13-17,19H,9-12H2,1-8H3;11-12,14-15,17-18H,13,16H2,1-10H3;11-14,16-17H,15H2,1-10H3;10-13,15H,14H2,1-9H3/q4*+1. The van der Waals surface area contributed by atoms with Gasteiger partial charge in [-0.05, 0) is 0 Å². The van der Waals surface area contributed by atoms with Gasteiger partial charge < -0.3 is 0 Å². The van der Waals surface area contributed by atoms with Crippen LogP contribution in [0.25, 0.3) is 45.0 Å². The third-order valence-electron chi connectivity index (χ3n) is 21.0. The average Bonchev–Trinajstić information content (AvgIpc) is 1.07. The first-order chi connectivity index (χ1) is 47.4. The molecule has 566 valence electrons. The molecule has 8 heteroatoms. The van der Waals surface area contributed by atoms with Crippen molar-refractivity contribution in [1.29, 1.82) is 0 Å². The van der Waals surface area contributed by atoms with Gasteiger partial charge in [-0.1, -0.05) is 0 Å². The van der Waals surface area contributed by atoms with Crippen LogP contribution in [0.1, 0.15) is 215 Å². The molecule has 4 nitrogen and oxygen atoms in total. The van der Waals surface area contributed by atoms with E-state index in [1.165, 1.54) is 115 Å². The summed E-state index contributed by atoms with van der Waals surface area (Å²) in [4.78, 5) is 0. The number of hydrogen-bond acceptors (Lipinski definition) is 0. The Labute approximate surface area is 650 Å². The normalized spacial score (nSPS) is 13.6. The van der Waals surface area contributed by atoms with Gasteiger partial charge in [0.15, 0.2) is 0 Å². The quantitative estimate of drug-likeness (QED) is 0.0718. The van der Waals surface area contributed by atoms with E-state index < -0.39 is 53.1 Å². The van der Waals surface area contributed by atoms with Crippen molar-refractivity contribution in [1.82, 2.24) is 0 Å². The van der Waals surface area contributed by atoms with Gasteiger partial charge in [-0.2, -0.15) is 0 Å². The Kier molecular flexibility index (Phi) is 29.5. The fraction of sp³-hybridized carbons (Fsp3) is 0.542. The van der Waals surface area contributed by atoms with Crippen LogP contribution in [0.2, 0.25) is 69.1 Å². The first-order valence-electron chi connectivity index (χ1n) is 40.0. The van der Waals surface area contributed by atoms with Gasteiger partial charge in [-0.15, -0.1) is 0 Å². The summed E-state index contributed by atoms with van der Waals surface area (Å²) in [7, 11) is 8.88. The third kappa shape index (κ3) is 24.8. The second kappa shape index (κ2) is 34.7.